The second-order valence-corrected chi connectivity index (χ2v) is 6.76. The molecule has 0 aliphatic carbocycles. The number of piperazine rings is 1. The van der Waals surface area contributed by atoms with Gasteiger partial charge >= 0.3 is 6.03 Å². The van der Waals surface area contributed by atoms with Crippen molar-refractivity contribution in [2.75, 3.05) is 43.4 Å². The Balaban J connectivity index is 1.50. The molecule has 0 radical (unpaired) electrons. The summed E-state index contributed by atoms with van der Waals surface area (Å²) in [7, 11) is 2.14. The van der Waals surface area contributed by atoms with Gasteiger partial charge in [-0.25, -0.2) is 4.79 Å². The predicted octanol–water partition coefficient (Wildman–Crippen LogP) is 3.88. The highest BCUT2D eigenvalue weighted by atomic mass is 35.5. The van der Waals surface area contributed by atoms with Crippen molar-refractivity contribution in [2.24, 2.45) is 0 Å². The third kappa shape index (κ3) is 5.25. The minimum Gasteiger partial charge on any atom is -0.369 e. The van der Waals surface area contributed by atoms with E-state index in [9.17, 15) is 4.79 Å². The van der Waals surface area contributed by atoms with E-state index in [0.717, 1.165) is 37.4 Å². The van der Waals surface area contributed by atoms with Crippen molar-refractivity contribution in [1.82, 2.24) is 10.2 Å². The van der Waals surface area contributed by atoms with Gasteiger partial charge in [-0.05, 0) is 55.1 Å². The average Bonchev–Trinajstić information content (AvgIpc) is 2.63. The zero-order valence-electron chi connectivity index (χ0n) is 14.8. The van der Waals surface area contributed by atoms with Crippen LogP contribution in [-0.4, -0.2) is 44.2 Å². The molecule has 136 valence electrons. The number of carbonyl (C=O) groups is 1. The molecular formula is C20H23ClN4O. The number of urea groups is 1. The van der Waals surface area contributed by atoms with E-state index in [-0.39, 0.29) is 6.03 Å². The van der Waals surface area contributed by atoms with E-state index in [2.05, 4.69) is 27.5 Å². The first kappa shape index (κ1) is 18.3. The summed E-state index contributed by atoms with van der Waals surface area (Å²) < 4.78 is 0. The Bertz CT molecular complexity index is 768. The molecular weight excluding hydrogens is 348 g/mol. The number of amides is 2. The van der Waals surface area contributed by atoms with E-state index in [1.54, 1.807) is 12.3 Å². The van der Waals surface area contributed by atoms with E-state index >= 15 is 0 Å². The Morgan fingerprint density at radius 1 is 1.08 bits per heavy atom. The van der Waals surface area contributed by atoms with Crippen LogP contribution in [0.3, 0.4) is 0 Å². The van der Waals surface area contributed by atoms with Crippen LogP contribution in [0.15, 0.2) is 54.7 Å². The molecule has 1 saturated heterocycles. The molecule has 0 aromatic heterocycles. The minimum atomic E-state index is -0.282. The fourth-order valence-electron chi connectivity index (χ4n) is 2.81. The number of benzene rings is 2. The molecule has 0 bridgehead atoms. The first-order chi connectivity index (χ1) is 12.6. The largest absolute Gasteiger partial charge is 0.369 e. The van der Waals surface area contributed by atoms with Gasteiger partial charge in [0.2, 0.25) is 0 Å². The maximum atomic E-state index is 12.0. The number of hydrogen-bond acceptors (Lipinski definition) is 3. The monoisotopic (exact) mass is 370 g/mol. The van der Waals surface area contributed by atoms with Crippen LogP contribution >= 0.6 is 11.6 Å². The molecule has 5 nitrogen and oxygen atoms in total. The molecule has 0 atom stereocenters. The van der Waals surface area contributed by atoms with Crippen molar-refractivity contribution < 1.29 is 4.79 Å². The van der Waals surface area contributed by atoms with Crippen LogP contribution in [0, 0.1) is 0 Å². The first-order valence-corrected chi connectivity index (χ1v) is 9.01. The molecule has 1 fully saturated rings. The van der Waals surface area contributed by atoms with Crippen molar-refractivity contribution in [2.45, 2.75) is 0 Å². The lowest BCUT2D eigenvalue weighted by Gasteiger charge is -2.34. The van der Waals surface area contributed by atoms with Crippen LogP contribution in [-0.2, 0) is 0 Å². The molecule has 0 saturated carbocycles. The number of likely N-dealkylation sites (N-methyl/N-ethyl adjacent to an activating group) is 1. The molecule has 0 spiro atoms. The molecule has 1 heterocycles. The Morgan fingerprint density at radius 2 is 1.81 bits per heavy atom. The van der Waals surface area contributed by atoms with Crippen molar-refractivity contribution >= 4 is 35.1 Å². The van der Waals surface area contributed by atoms with Gasteiger partial charge < -0.3 is 20.4 Å². The molecule has 1 aliphatic heterocycles. The predicted molar refractivity (Wildman–Crippen MR) is 109 cm³/mol. The lowest BCUT2D eigenvalue weighted by molar-refractivity contribution is 0.255. The second kappa shape index (κ2) is 8.74. The van der Waals surface area contributed by atoms with Crippen LogP contribution in [0.25, 0.3) is 6.08 Å². The van der Waals surface area contributed by atoms with E-state index in [1.807, 2.05) is 48.5 Å². The number of nitrogens with zero attached hydrogens (tertiary/aromatic N) is 2. The van der Waals surface area contributed by atoms with Crippen molar-refractivity contribution in [3.63, 3.8) is 0 Å². The molecule has 1 aliphatic rings. The number of rotatable bonds is 4. The third-order valence-corrected chi connectivity index (χ3v) is 4.57. The van der Waals surface area contributed by atoms with Gasteiger partial charge in [0, 0.05) is 48.8 Å². The van der Waals surface area contributed by atoms with E-state index in [1.165, 1.54) is 5.69 Å². The Morgan fingerprint density at radius 3 is 2.50 bits per heavy atom. The van der Waals surface area contributed by atoms with Gasteiger partial charge in [0.05, 0.1) is 0 Å². The lowest BCUT2D eigenvalue weighted by atomic mass is 10.2. The Kier molecular flexibility index (Phi) is 6.15. The zero-order valence-corrected chi connectivity index (χ0v) is 15.5. The number of carbonyl (C=O) groups excluding carboxylic acids is 1. The summed E-state index contributed by atoms with van der Waals surface area (Å²) in [6, 6.07) is 15.1. The highest BCUT2D eigenvalue weighted by Crippen LogP contribution is 2.19. The van der Waals surface area contributed by atoms with Gasteiger partial charge in [0.15, 0.2) is 0 Å². The summed E-state index contributed by atoms with van der Waals surface area (Å²) >= 11 is 5.93. The Labute approximate surface area is 159 Å². The van der Waals surface area contributed by atoms with Crippen LogP contribution < -0.4 is 15.5 Å². The summed E-state index contributed by atoms with van der Waals surface area (Å²) in [5.41, 5.74) is 2.87. The number of anilines is 2. The smallest absolute Gasteiger partial charge is 0.323 e. The molecule has 2 N–H and O–H groups in total. The van der Waals surface area contributed by atoms with Crippen LogP contribution in [0.5, 0.6) is 0 Å². The zero-order chi connectivity index (χ0) is 18.4. The first-order valence-electron chi connectivity index (χ1n) is 8.63. The SMILES string of the molecule is CN1CCN(c2ccc(NC(=O)N/C=C/c3cccc(Cl)c3)cc2)CC1. The van der Waals surface area contributed by atoms with E-state index in [4.69, 9.17) is 11.6 Å². The summed E-state index contributed by atoms with van der Waals surface area (Å²) in [6.07, 6.45) is 3.39. The van der Waals surface area contributed by atoms with Gasteiger partial charge in [0.25, 0.3) is 0 Å². The molecule has 3 rings (SSSR count). The van der Waals surface area contributed by atoms with E-state index < -0.39 is 0 Å². The van der Waals surface area contributed by atoms with Gasteiger partial charge in [-0.3, -0.25) is 0 Å². The van der Waals surface area contributed by atoms with Crippen molar-refractivity contribution in [1.29, 1.82) is 0 Å². The average molecular weight is 371 g/mol. The normalized spacial score (nSPS) is 15.2. The molecule has 2 amide bonds. The van der Waals surface area contributed by atoms with Crippen LogP contribution in [0.2, 0.25) is 5.02 Å². The highest BCUT2D eigenvalue weighted by Gasteiger charge is 2.14. The maximum Gasteiger partial charge on any atom is 0.323 e. The third-order valence-electron chi connectivity index (χ3n) is 4.33. The fraction of sp³-hybridized carbons (Fsp3) is 0.250. The molecule has 2 aromatic rings. The van der Waals surface area contributed by atoms with Gasteiger partial charge in [-0.2, -0.15) is 0 Å². The van der Waals surface area contributed by atoms with Gasteiger partial charge in [-0.1, -0.05) is 23.7 Å². The summed E-state index contributed by atoms with van der Waals surface area (Å²) in [5, 5.41) is 6.18. The number of hydrogen-bond donors (Lipinski definition) is 2. The second-order valence-electron chi connectivity index (χ2n) is 6.32. The maximum absolute atomic E-state index is 12.0. The van der Waals surface area contributed by atoms with Gasteiger partial charge in [0.1, 0.15) is 0 Å². The Hall–Kier alpha value is -2.50. The van der Waals surface area contributed by atoms with Crippen LogP contribution in [0.4, 0.5) is 16.2 Å². The van der Waals surface area contributed by atoms with Crippen molar-refractivity contribution in [3.05, 3.63) is 65.3 Å². The fourth-order valence-corrected chi connectivity index (χ4v) is 3.01. The topological polar surface area (TPSA) is 47.6 Å². The molecule has 6 heteroatoms. The highest BCUT2D eigenvalue weighted by molar-refractivity contribution is 6.30. The standard InChI is InChI=1S/C20H23ClN4O/c1-24-11-13-25(14-12-24)19-7-5-18(6-8-19)23-20(26)22-10-9-16-3-2-4-17(21)15-16/h2-10,15H,11-14H2,1H3,(H2,22,23,26)/b10-9+. The minimum absolute atomic E-state index is 0.282. The van der Waals surface area contributed by atoms with Crippen molar-refractivity contribution in [3.8, 4) is 0 Å². The van der Waals surface area contributed by atoms with Crippen LogP contribution in [0.1, 0.15) is 5.56 Å². The summed E-state index contributed by atoms with van der Waals surface area (Å²) in [5.74, 6) is 0. The molecule has 26 heavy (non-hydrogen) atoms. The quantitative estimate of drug-likeness (QED) is 0.858. The molecule has 2 aromatic carbocycles. The number of halogens is 1. The summed E-state index contributed by atoms with van der Waals surface area (Å²) in [4.78, 5) is 16.7. The molecule has 0 unspecified atom stereocenters. The summed E-state index contributed by atoms with van der Waals surface area (Å²) in [6.45, 7) is 4.19. The van der Waals surface area contributed by atoms with E-state index in [0.29, 0.717) is 5.02 Å². The van der Waals surface area contributed by atoms with Gasteiger partial charge in [-0.15, -0.1) is 0 Å². The lowest BCUT2D eigenvalue weighted by Crippen LogP contribution is -2.44. The number of nitrogens with one attached hydrogen (secondary N) is 2.